The number of nitrogens with zero attached hydrogens (tertiary/aromatic N) is 1. The summed E-state index contributed by atoms with van der Waals surface area (Å²) in [4.78, 5) is 14.6. The van der Waals surface area contributed by atoms with Gasteiger partial charge in [0.1, 0.15) is 5.75 Å². The minimum Gasteiger partial charge on any atom is -0.496 e. The molecule has 2 rings (SSSR count). The monoisotopic (exact) mass is 247 g/mol. The number of ether oxygens (including phenoxy) is 1. The Balaban J connectivity index is 2.07. The standard InChI is InChI=1S/C15H21NO2/c1-12-7-5-6-10-16(12)11-14(17)13-8-3-4-9-15(13)18-2/h3-4,8-9,12H,5-7,10-11H2,1-2H3/t12-/m0/s1. The molecule has 0 bridgehead atoms. The fourth-order valence-corrected chi connectivity index (χ4v) is 2.54. The lowest BCUT2D eigenvalue weighted by Gasteiger charge is -2.32. The van der Waals surface area contributed by atoms with Gasteiger partial charge in [-0.05, 0) is 38.4 Å². The lowest BCUT2D eigenvalue weighted by atomic mass is 10.0. The Morgan fingerprint density at radius 2 is 2.17 bits per heavy atom. The van der Waals surface area contributed by atoms with Crippen LogP contribution in [-0.2, 0) is 0 Å². The fourth-order valence-electron chi connectivity index (χ4n) is 2.54. The van der Waals surface area contributed by atoms with E-state index in [1.807, 2.05) is 24.3 Å². The molecule has 0 aromatic heterocycles. The van der Waals surface area contributed by atoms with Crippen LogP contribution < -0.4 is 4.74 Å². The molecule has 1 atom stereocenters. The van der Waals surface area contributed by atoms with Gasteiger partial charge in [-0.2, -0.15) is 0 Å². The van der Waals surface area contributed by atoms with Crippen LogP contribution in [0.2, 0.25) is 0 Å². The van der Waals surface area contributed by atoms with Crippen molar-refractivity contribution in [3.8, 4) is 5.75 Å². The smallest absolute Gasteiger partial charge is 0.180 e. The van der Waals surface area contributed by atoms with Crippen LogP contribution in [0.5, 0.6) is 5.75 Å². The Bertz CT molecular complexity index is 417. The minimum absolute atomic E-state index is 0.154. The Hall–Kier alpha value is -1.35. The van der Waals surface area contributed by atoms with Gasteiger partial charge >= 0.3 is 0 Å². The molecule has 1 aliphatic heterocycles. The molecule has 1 aliphatic rings. The maximum atomic E-state index is 12.3. The van der Waals surface area contributed by atoms with Crippen LogP contribution in [0.1, 0.15) is 36.5 Å². The van der Waals surface area contributed by atoms with Crippen LogP contribution in [-0.4, -0.2) is 36.9 Å². The van der Waals surface area contributed by atoms with Crippen LogP contribution in [0, 0.1) is 0 Å². The topological polar surface area (TPSA) is 29.5 Å². The van der Waals surface area contributed by atoms with Crippen molar-refractivity contribution in [1.82, 2.24) is 4.90 Å². The first-order valence-corrected chi connectivity index (χ1v) is 6.62. The molecular formula is C15H21NO2. The molecule has 98 valence electrons. The first-order valence-electron chi connectivity index (χ1n) is 6.62. The first kappa shape index (κ1) is 13.1. The van der Waals surface area contributed by atoms with Gasteiger partial charge in [-0.3, -0.25) is 9.69 Å². The van der Waals surface area contributed by atoms with E-state index in [0.29, 0.717) is 23.9 Å². The van der Waals surface area contributed by atoms with Gasteiger partial charge in [0.2, 0.25) is 0 Å². The van der Waals surface area contributed by atoms with E-state index in [-0.39, 0.29) is 5.78 Å². The number of hydrogen-bond donors (Lipinski definition) is 0. The average Bonchev–Trinajstić information content (AvgIpc) is 2.41. The van der Waals surface area contributed by atoms with Crippen molar-refractivity contribution < 1.29 is 9.53 Å². The Morgan fingerprint density at radius 1 is 1.39 bits per heavy atom. The number of piperidine rings is 1. The molecule has 1 aromatic rings. The Labute approximate surface area is 109 Å². The number of carbonyl (C=O) groups excluding carboxylic acids is 1. The van der Waals surface area contributed by atoms with E-state index < -0.39 is 0 Å². The second-order valence-corrected chi connectivity index (χ2v) is 4.94. The molecule has 0 spiro atoms. The third-order valence-corrected chi connectivity index (χ3v) is 3.69. The largest absolute Gasteiger partial charge is 0.496 e. The van der Waals surface area contributed by atoms with Gasteiger partial charge in [0.05, 0.1) is 19.2 Å². The molecule has 0 saturated carbocycles. The highest BCUT2D eigenvalue weighted by atomic mass is 16.5. The van der Waals surface area contributed by atoms with E-state index in [1.54, 1.807) is 7.11 Å². The van der Waals surface area contributed by atoms with Gasteiger partial charge in [0.25, 0.3) is 0 Å². The summed E-state index contributed by atoms with van der Waals surface area (Å²) in [5.74, 6) is 0.827. The van der Waals surface area contributed by atoms with Crippen LogP contribution in [0.15, 0.2) is 24.3 Å². The molecule has 1 heterocycles. The molecule has 18 heavy (non-hydrogen) atoms. The van der Waals surface area contributed by atoms with Gasteiger partial charge in [-0.1, -0.05) is 18.6 Å². The Kier molecular flexibility index (Phi) is 4.37. The maximum Gasteiger partial charge on any atom is 0.180 e. The molecule has 0 unspecified atom stereocenters. The van der Waals surface area contributed by atoms with Crippen molar-refractivity contribution in [1.29, 1.82) is 0 Å². The molecule has 3 nitrogen and oxygen atoms in total. The molecule has 1 fully saturated rings. The zero-order valence-electron chi connectivity index (χ0n) is 11.2. The molecule has 0 N–H and O–H groups in total. The van der Waals surface area contributed by atoms with E-state index in [1.165, 1.54) is 19.3 Å². The molecule has 1 saturated heterocycles. The molecule has 0 aliphatic carbocycles. The van der Waals surface area contributed by atoms with E-state index >= 15 is 0 Å². The summed E-state index contributed by atoms with van der Waals surface area (Å²) in [5, 5.41) is 0. The second kappa shape index (κ2) is 6.01. The molecular weight excluding hydrogens is 226 g/mol. The predicted molar refractivity (Wildman–Crippen MR) is 72.2 cm³/mol. The summed E-state index contributed by atoms with van der Waals surface area (Å²) in [5.41, 5.74) is 0.692. The van der Waals surface area contributed by atoms with Crippen molar-refractivity contribution >= 4 is 5.78 Å². The van der Waals surface area contributed by atoms with E-state index in [9.17, 15) is 4.79 Å². The Morgan fingerprint density at radius 3 is 2.89 bits per heavy atom. The van der Waals surface area contributed by atoms with Gasteiger partial charge in [0.15, 0.2) is 5.78 Å². The number of benzene rings is 1. The molecule has 3 heteroatoms. The number of carbonyl (C=O) groups is 1. The highest BCUT2D eigenvalue weighted by molar-refractivity contribution is 6.00. The number of ketones is 1. The number of rotatable bonds is 4. The zero-order valence-corrected chi connectivity index (χ0v) is 11.2. The molecule has 0 radical (unpaired) electrons. The highest BCUT2D eigenvalue weighted by Gasteiger charge is 2.22. The van der Waals surface area contributed by atoms with Gasteiger partial charge in [0, 0.05) is 6.04 Å². The minimum atomic E-state index is 0.154. The number of para-hydroxylation sites is 1. The summed E-state index contributed by atoms with van der Waals surface area (Å²) in [6.07, 6.45) is 3.67. The third-order valence-electron chi connectivity index (χ3n) is 3.69. The van der Waals surface area contributed by atoms with Crippen LogP contribution >= 0.6 is 0 Å². The SMILES string of the molecule is COc1ccccc1C(=O)CN1CCCC[C@@H]1C. The lowest BCUT2D eigenvalue weighted by Crippen LogP contribution is -2.40. The predicted octanol–water partition coefficient (Wildman–Crippen LogP) is 2.75. The fraction of sp³-hybridized carbons (Fsp3) is 0.533. The summed E-state index contributed by atoms with van der Waals surface area (Å²) in [6.45, 7) is 3.73. The number of methoxy groups -OCH3 is 1. The van der Waals surface area contributed by atoms with E-state index in [4.69, 9.17) is 4.74 Å². The number of likely N-dealkylation sites (tertiary alicyclic amines) is 1. The van der Waals surface area contributed by atoms with Crippen LogP contribution in [0.4, 0.5) is 0 Å². The highest BCUT2D eigenvalue weighted by Crippen LogP contribution is 2.21. The number of hydrogen-bond acceptors (Lipinski definition) is 3. The van der Waals surface area contributed by atoms with Gasteiger partial charge in [-0.15, -0.1) is 0 Å². The van der Waals surface area contributed by atoms with Crippen LogP contribution in [0.3, 0.4) is 0 Å². The molecule has 1 aromatic carbocycles. The van der Waals surface area contributed by atoms with E-state index in [2.05, 4.69) is 11.8 Å². The van der Waals surface area contributed by atoms with Gasteiger partial charge < -0.3 is 4.74 Å². The quantitative estimate of drug-likeness (QED) is 0.766. The first-order chi connectivity index (χ1) is 8.72. The second-order valence-electron chi connectivity index (χ2n) is 4.94. The van der Waals surface area contributed by atoms with Crippen molar-refractivity contribution in [3.05, 3.63) is 29.8 Å². The van der Waals surface area contributed by atoms with Crippen molar-refractivity contribution in [2.45, 2.75) is 32.2 Å². The maximum absolute atomic E-state index is 12.3. The van der Waals surface area contributed by atoms with Crippen molar-refractivity contribution in [2.24, 2.45) is 0 Å². The van der Waals surface area contributed by atoms with Crippen molar-refractivity contribution in [2.75, 3.05) is 20.2 Å². The normalized spacial score (nSPS) is 20.7. The third kappa shape index (κ3) is 2.91. The zero-order chi connectivity index (χ0) is 13.0. The average molecular weight is 247 g/mol. The van der Waals surface area contributed by atoms with Crippen LogP contribution in [0.25, 0.3) is 0 Å². The summed E-state index contributed by atoms with van der Waals surface area (Å²) >= 11 is 0. The van der Waals surface area contributed by atoms with E-state index in [0.717, 1.165) is 6.54 Å². The van der Waals surface area contributed by atoms with Crippen molar-refractivity contribution in [3.63, 3.8) is 0 Å². The number of Topliss-reactive ketones (excluding diaryl/α,β-unsaturated/α-hetero) is 1. The lowest BCUT2D eigenvalue weighted by molar-refractivity contribution is 0.0857. The summed E-state index contributed by atoms with van der Waals surface area (Å²) in [6, 6.07) is 7.97. The summed E-state index contributed by atoms with van der Waals surface area (Å²) in [7, 11) is 1.61. The summed E-state index contributed by atoms with van der Waals surface area (Å²) < 4.78 is 5.24. The van der Waals surface area contributed by atoms with Gasteiger partial charge in [-0.25, -0.2) is 0 Å². The molecule has 0 amide bonds.